The van der Waals surface area contributed by atoms with E-state index in [-0.39, 0.29) is 0 Å². The molecule has 0 amide bonds. The zero-order valence-electron chi connectivity index (χ0n) is 13.9. The third-order valence-corrected chi connectivity index (χ3v) is 3.94. The van der Waals surface area contributed by atoms with Gasteiger partial charge < -0.3 is 14.6 Å². The molecule has 128 valence electrons. The molecule has 25 heavy (non-hydrogen) atoms. The van der Waals surface area contributed by atoms with Crippen molar-refractivity contribution in [1.82, 2.24) is 0 Å². The van der Waals surface area contributed by atoms with E-state index in [0.717, 1.165) is 5.56 Å². The van der Waals surface area contributed by atoms with Crippen LogP contribution in [0.15, 0.2) is 72.8 Å². The molecule has 0 aromatic heterocycles. The van der Waals surface area contributed by atoms with Gasteiger partial charge in [-0.15, -0.1) is 0 Å². The molecule has 3 aromatic rings. The first kappa shape index (κ1) is 17.0. The van der Waals surface area contributed by atoms with Gasteiger partial charge in [-0.1, -0.05) is 42.5 Å². The Morgan fingerprint density at radius 2 is 1.68 bits per heavy atom. The Kier molecular flexibility index (Phi) is 5.31. The minimum absolute atomic E-state index is 0.298. The van der Waals surface area contributed by atoms with Crippen molar-refractivity contribution in [2.45, 2.75) is 12.7 Å². The van der Waals surface area contributed by atoms with Crippen molar-refractivity contribution >= 4 is 0 Å². The molecule has 3 aromatic carbocycles. The monoisotopic (exact) mass is 338 g/mol. The highest BCUT2D eigenvalue weighted by molar-refractivity contribution is 5.42. The third-order valence-electron chi connectivity index (χ3n) is 3.94. The van der Waals surface area contributed by atoms with Crippen LogP contribution in [0, 0.1) is 5.82 Å². The molecule has 1 unspecified atom stereocenters. The van der Waals surface area contributed by atoms with Crippen LogP contribution in [0.4, 0.5) is 4.39 Å². The first-order valence-corrected chi connectivity index (χ1v) is 7.95. The van der Waals surface area contributed by atoms with E-state index in [1.165, 1.54) is 12.1 Å². The average Bonchev–Trinajstić information content (AvgIpc) is 2.67. The van der Waals surface area contributed by atoms with Crippen LogP contribution in [0.3, 0.4) is 0 Å². The molecule has 0 aliphatic carbocycles. The Morgan fingerprint density at radius 1 is 0.960 bits per heavy atom. The number of rotatable bonds is 6. The van der Waals surface area contributed by atoms with Crippen LogP contribution in [-0.2, 0) is 6.61 Å². The molecule has 0 heterocycles. The Hall–Kier alpha value is -2.85. The second kappa shape index (κ2) is 7.81. The summed E-state index contributed by atoms with van der Waals surface area (Å²) in [5.41, 5.74) is 2.16. The standard InChI is InChI=1S/C21H19FO3/c1-24-18-10-7-16(8-11-18)21(23)19-12-9-17(22)13-20(19)25-14-15-5-3-2-4-6-15/h2-13,21,23H,14H2,1H3. The fraction of sp³-hybridized carbons (Fsp3) is 0.143. The lowest BCUT2D eigenvalue weighted by Crippen LogP contribution is -2.05. The molecule has 3 nitrogen and oxygen atoms in total. The quantitative estimate of drug-likeness (QED) is 0.719. The van der Waals surface area contributed by atoms with Crippen molar-refractivity contribution in [2.75, 3.05) is 7.11 Å². The van der Waals surface area contributed by atoms with Crippen molar-refractivity contribution in [2.24, 2.45) is 0 Å². The van der Waals surface area contributed by atoms with Crippen molar-refractivity contribution in [1.29, 1.82) is 0 Å². The lowest BCUT2D eigenvalue weighted by Gasteiger charge is -2.17. The maximum atomic E-state index is 13.7. The Labute approximate surface area is 146 Å². The van der Waals surface area contributed by atoms with Crippen LogP contribution < -0.4 is 9.47 Å². The van der Waals surface area contributed by atoms with Gasteiger partial charge in [-0.2, -0.15) is 0 Å². The van der Waals surface area contributed by atoms with E-state index >= 15 is 0 Å². The second-order valence-corrected chi connectivity index (χ2v) is 5.63. The molecule has 1 atom stereocenters. The van der Waals surface area contributed by atoms with Gasteiger partial charge in [-0.05, 0) is 35.4 Å². The first-order chi connectivity index (χ1) is 12.2. The van der Waals surface area contributed by atoms with E-state index in [4.69, 9.17) is 9.47 Å². The van der Waals surface area contributed by atoms with Crippen LogP contribution >= 0.6 is 0 Å². The molecule has 0 radical (unpaired) electrons. The minimum Gasteiger partial charge on any atom is -0.497 e. The maximum Gasteiger partial charge on any atom is 0.128 e. The molecular formula is C21H19FO3. The van der Waals surface area contributed by atoms with Crippen LogP contribution in [0.5, 0.6) is 11.5 Å². The normalized spacial score (nSPS) is 11.8. The van der Waals surface area contributed by atoms with E-state index in [1.807, 2.05) is 30.3 Å². The van der Waals surface area contributed by atoms with Crippen molar-refractivity contribution < 1.29 is 19.0 Å². The Morgan fingerprint density at radius 3 is 2.36 bits per heavy atom. The van der Waals surface area contributed by atoms with Gasteiger partial charge in [0.25, 0.3) is 0 Å². The summed E-state index contributed by atoms with van der Waals surface area (Å²) in [6.45, 7) is 0.298. The van der Waals surface area contributed by atoms with Crippen LogP contribution in [-0.4, -0.2) is 12.2 Å². The van der Waals surface area contributed by atoms with Gasteiger partial charge in [0.15, 0.2) is 0 Å². The van der Waals surface area contributed by atoms with Crippen LogP contribution in [0.1, 0.15) is 22.8 Å². The number of aliphatic hydroxyl groups is 1. The number of hydrogen-bond acceptors (Lipinski definition) is 3. The molecule has 1 N–H and O–H groups in total. The number of ether oxygens (including phenoxy) is 2. The van der Waals surface area contributed by atoms with Crippen LogP contribution in [0.25, 0.3) is 0 Å². The Bertz CT molecular complexity index is 816. The molecule has 0 aliphatic rings. The number of aliphatic hydroxyl groups excluding tert-OH is 1. The lowest BCUT2D eigenvalue weighted by molar-refractivity contribution is 0.208. The molecule has 0 saturated heterocycles. The minimum atomic E-state index is -0.919. The third kappa shape index (κ3) is 4.17. The highest BCUT2D eigenvalue weighted by Gasteiger charge is 2.17. The summed E-state index contributed by atoms with van der Waals surface area (Å²) >= 11 is 0. The number of hydrogen-bond donors (Lipinski definition) is 1. The van der Waals surface area contributed by atoms with Gasteiger partial charge in [0.2, 0.25) is 0 Å². The van der Waals surface area contributed by atoms with E-state index in [9.17, 15) is 9.50 Å². The molecule has 0 bridgehead atoms. The number of benzene rings is 3. The fourth-order valence-corrected chi connectivity index (χ4v) is 2.56. The van der Waals surface area contributed by atoms with Crippen molar-refractivity contribution in [3.8, 4) is 11.5 Å². The first-order valence-electron chi connectivity index (χ1n) is 7.95. The highest BCUT2D eigenvalue weighted by Crippen LogP contribution is 2.32. The Balaban J connectivity index is 1.84. The van der Waals surface area contributed by atoms with Crippen molar-refractivity contribution in [3.63, 3.8) is 0 Å². The molecule has 0 aliphatic heterocycles. The predicted octanol–water partition coefficient (Wildman–Crippen LogP) is 4.50. The molecule has 0 spiro atoms. The topological polar surface area (TPSA) is 38.7 Å². The lowest BCUT2D eigenvalue weighted by atomic mass is 10.0. The summed E-state index contributed by atoms with van der Waals surface area (Å²) in [6.07, 6.45) is -0.919. The van der Waals surface area contributed by atoms with E-state index in [2.05, 4.69) is 0 Å². The summed E-state index contributed by atoms with van der Waals surface area (Å²) in [4.78, 5) is 0. The second-order valence-electron chi connectivity index (χ2n) is 5.63. The zero-order chi connectivity index (χ0) is 17.6. The fourth-order valence-electron chi connectivity index (χ4n) is 2.56. The summed E-state index contributed by atoms with van der Waals surface area (Å²) in [5.74, 6) is 0.622. The largest absolute Gasteiger partial charge is 0.497 e. The maximum absolute atomic E-state index is 13.7. The van der Waals surface area contributed by atoms with Gasteiger partial charge in [0.05, 0.1) is 7.11 Å². The predicted molar refractivity (Wildman–Crippen MR) is 94.2 cm³/mol. The molecule has 4 heteroatoms. The average molecular weight is 338 g/mol. The SMILES string of the molecule is COc1ccc(C(O)c2ccc(F)cc2OCc2ccccc2)cc1. The van der Waals surface area contributed by atoms with Crippen molar-refractivity contribution in [3.05, 3.63) is 95.3 Å². The van der Waals surface area contributed by atoms with Gasteiger partial charge in [-0.3, -0.25) is 0 Å². The number of halogens is 1. The van der Waals surface area contributed by atoms with E-state index in [0.29, 0.717) is 29.2 Å². The van der Waals surface area contributed by atoms with E-state index in [1.54, 1.807) is 37.4 Å². The molecular weight excluding hydrogens is 319 g/mol. The summed E-state index contributed by atoms with van der Waals surface area (Å²) in [6, 6.07) is 20.9. The summed E-state index contributed by atoms with van der Waals surface area (Å²) in [5, 5.41) is 10.7. The zero-order valence-corrected chi connectivity index (χ0v) is 13.9. The summed E-state index contributed by atoms with van der Waals surface area (Å²) in [7, 11) is 1.58. The van der Waals surface area contributed by atoms with Gasteiger partial charge in [0, 0.05) is 11.6 Å². The van der Waals surface area contributed by atoms with Gasteiger partial charge in [0.1, 0.15) is 30.0 Å². The van der Waals surface area contributed by atoms with Gasteiger partial charge in [-0.25, -0.2) is 4.39 Å². The highest BCUT2D eigenvalue weighted by atomic mass is 19.1. The molecule has 0 saturated carbocycles. The smallest absolute Gasteiger partial charge is 0.128 e. The molecule has 3 rings (SSSR count). The van der Waals surface area contributed by atoms with Crippen LogP contribution in [0.2, 0.25) is 0 Å². The van der Waals surface area contributed by atoms with E-state index < -0.39 is 11.9 Å². The summed E-state index contributed by atoms with van der Waals surface area (Å²) < 4.78 is 24.6. The molecule has 0 fully saturated rings. The number of methoxy groups -OCH3 is 1. The van der Waals surface area contributed by atoms with Gasteiger partial charge >= 0.3 is 0 Å².